The highest BCUT2D eigenvalue weighted by molar-refractivity contribution is 9.10. The molecule has 0 aliphatic carbocycles. The number of nitrogens with two attached hydrogens (primary N) is 1. The van der Waals surface area contributed by atoms with Gasteiger partial charge in [0.2, 0.25) is 0 Å². The summed E-state index contributed by atoms with van der Waals surface area (Å²) in [7, 11) is 0. The van der Waals surface area contributed by atoms with Crippen molar-refractivity contribution < 1.29 is 9.47 Å². The van der Waals surface area contributed by atoms with Crippen molar-refractivity contribution in [3.05, 3.63) is 28.2 Å². The van der Waals surface area contributed by atoms with Gasteiger partial charge in [-0.1, -0.05) is 15.9 Å². The summed E-state index contributed by atoms with van der Waals surface area (Å²) in [4.78, 5) is 0. The maximum absolute atomic E-state index is 5.56. The predicted molar refractivity (Wildman–Crippen MR) is 59.2 cm³/mol. The fourth-order valence-corrected chi connectivity index (χ4v) is 1.40. The molecular weight excluding hydrogens is 246 g/mol. The average Bonchev–Trinajstić information content (AvgIpc) is 2.21. The normalized spacial score (nSPS) is 10.2. The maximum atomic E-state index is 5.56. The molecule has 0 aromatic heterocycles. The summed E-state index contributed by atoms with van der Waals surface area (Å²) in [6.07, 6.45) is 0. The van der Waals surface area contributed by atoms with Gasteiger partial charge < -0.3 is 15.2 Å². The fraction of sp³-hybridized carbons (Fsp3) is 0.400. The van der Waals surface area contributed by atoms with Crippen LogP contribution in [0, 0.1) is 0 Å². The third-order valence-corrected chi connectivity index (χ3v) is 2.52. The zero-order valence-corrected chi connectivity index (χ0v) is 9.71. The van der Waals surface area contributed by atoms with Crippen molar-refractivity contribution in [1.29, 1.82) is 0 Å². The summed E-state index contributed by atoms with van der Waals surface area (Å²) < 4.78 is 11.4. The standard InChI is InChI=1S/C10H14BrNO2/c1-2-13-7-14-9-3-4-10(11)8(5-9)6-12/h3-5H,2,6-7,12H2,1H3. The van der Waals surface area contributed by atoms with Crippen molar-refractivity contribution in [3.63, 3.8) is 0 Å². The smallest absolute Gasteiger partial charge is 0.189 e. The van der Waals surface area contributed by atoms with Gasteiger partial charge in [0.15, 0.2) is 6.79 Å². The van der Waals surface area contributed by atoms with E-state index >= 15 is 0 Å². The second-order valence-electron chi connectivity index (χ2n) is 2.71. The van der Waals surface area contributed by atoms with Gasteiger partial charge in [-0.3, -0.25) is 0 Å². The minimum Gasteiger partial charge on any atom is -0.468 e. The van der Waals surface area contributed by atoms with Crippen molar-refractivity contribution in [1.82, 2.24) is 0 Å². The van der Waals surface area contributed by atoms with Crippen LogP contribution in [0.1, 0.15) is 12.5 Å². The molecule has 0 saturated carbocycles. The van der Waals surface area contributed by atoms with Crippen molar-refractivity contribution >= 4 is 15.9 Å². The highest BCUT2D eigenvalue weighted by Gasteiger charge is 2.00. The van der Waals surface area contributed by atoms with Gasteiger partial charge in [-0.2, -0.15) is 0 Å². The summed E-state index contributed by atoms with van der Waals surface area (Å²) in [5.74, 6) is 0.780. The lowest BCUT2D eigenvalue weighted by Crippen LogP contribution is -2.03. The molecule has 0 bridgehead atoms. The zero-order chi connectivity index (χ0) is 10.4. The van der Waals surface area contributed by atoms with Crippen LogP contribution in [0.15, 0.2) is 22.7 Å². The molecule has 1 rings (SSSR count). The van der Waals surface area contributed by atoms with E-state index in [0.29, 0.717) is 13.2 Å². The molecule has 0 aliphatic heterocycles. The molecule has 0 amide bonds. The SMILES string of the molecule is CCOCOc1ccc(Br)c(CN)c1. The van der Waals surface area contributed by atoms with Gasteiger partial charge in [-0.05, 0) is 30.7 Å². The predicted octanol–water partition coefficient (Wildman–Crippen LogP) is 2.28. The lowest BCUT2D eigenvalue weighted by molar-refractivity contribution is 0.0223. The molecule has 14 heavy (non-hydrogen) atoms. The molecule has 0 aliphatic rings. The van der Waals surface area contributed by atoms with Gasteiger partial charge in [0.05, 0.1) is 0 Å². The van der Waals surface area contributed by atoms with Crippen molar-refractivity contribution in [3.8, 4) is 5.75 Å². The monoisotopic (exact) mass is 259 g/mol. The molecule has 3 nitrogen and oxygen atoms in total. The fourth-order valence-electron chi connectivity index (χ4n) is 0.990. The van der Waals surface area contributed by atoms with Crippen LogP contribution in [-0.2, 0) is 11.3 Å². The van der Waals surface area contributed by atoms with Crippen LogP contribution in [-0.4, -0.2) is 13.4 Å². The lowest BCUT2D eigenvalue weighted by atomic mass is 10.2. The Labute approximate surface area is 92.3 Å². The third-order valence-electron chi connectivity index (χ3n) is 1.75. The average molecular weight is 260 g/mol. The van der Waals surface area contributed by atoms with E-state index in [-0.39, 0.29) is 6.79 Å². The van der Waals surface area contributed by atoms with Crippen LogP contribution in [0.25, 0.3) is 0 Å². The first kappa shape index (κ1) is 11.5. The van der Waals surface area contributed by atoms with Crippen LogP contribution >= 0.6 is 15.9 Å². The Hall–Kier alpha value is -0.580. The summed E-state index contributed by atoms with van der Waals surface area (Å²) in [5, 5.41) is 0. The van der Waals surface area contributed by atoms with Crippen molar-refractivity contribution in [2.24, 2.45) is 5.73 Å². The van der Waals surface area contributed by atoms with E-state index < -0.39 is 0 Å². The first-order chi connectivity index (χ1) is 6.77. The van der Waals surface area contributed by atoms with E-state index in [1.54, 1.807) is 0 Å². The number of hydrogen-bond donors (Lipinski definition) is 1. The van der Waals surface area contributed by atoms with E-state index in [2.05, 4.69) is 15.9 Å². The van der Waals surface area contributed by atoms with Gasteiger partial charge in [-0.25, -0.2) is 0 Å². The van der Waals surface area contributed by atoms with Crippen molar-refractivity contribution in [2.75, 3.05) is 13.4 Å². The van der Waals surface area contributed by atoms with E-state index in [1.165, 1.54) is 0 Å². The molecule has 1 aromatic carbocycles. The Morgan fingerprint density at radius 1 is 1.43 bits per heavy atom. The van der Waals surface area contributed by atoms with Crippen LogP contribution in [0.4, 0.5) is 0 Å². The minimum absolute atomic E-state index is 0.280. The van der Waals surface area contributed by atoms with E-state index in [4.69, 9.17) is 15.2 Å². The van der Waals surface area contributed by atoms with Crippen molar-refractivity contribution in [2.45, 2.75) is 13.5 Å². The van der Waals surface area contributed by atoms with Crippen LogP contribution < -0.4 is 10.5 Å². The molecule has 0 atom stereocenters. The van der Waals surface area contributed by atoms with E-state index in [1.807, 2.05) is 25.1 Å². The number of hydrogen-bond acceptors (Lipinski definition) is 3. The molecule has 0 fully saturated rings. The first-order valence-electron chi connectivity index (χ1n) is 4.47. The molecule has 1 aromatic rings. The highest BCUT2D eigenvalue weighted by atomic mass is 79.9. The lowest BCUT2D eigenvalue weighted by Gasteiger charge is -2.08. The molecule has 4 heteroatoms. The molecule has 0 saturated heterocycles. The van der Waals surface area contributed by atoms with Crippen LogP contribution in [0.5, 0.6) is 5.75 Å². The second-order valence-corrected chi connectivity index (χ2v) is 3.57. The highest BCUT2D eigenvalue weighted by Crippen LogP contribution is 2.22. The maximum Gasteiger partial charge on any atom is 0.189 e. The number of rotatable bonds is 5. The second kappa shape index (κ2) is 6.01. The zero-order valence-electron chi connectivity index (χ0n) is 8.13. The molecule has 2 N–H and O–H groups in total. The molecular formula is C10H14BrNO2. The van der Waals surface area contributed by atoms with E-state index in [0.717, 1.165) is 15.8 Å². The summed E-state index contributed by atoms with van der Waals surface area (Å²) >= 11 is 3.41. The molecule has 0 spiro atoms. The Bertz CT molecular complexity index is 291. The Morgan fingerprint density at radius 2 is 2.21 bits per heavy atom. The Kier molecular flexibility index (Phi) is 4.93. The first-order valence-corrected chi connectivity index (χ1v) is 5.26. The van der Waals surface area contributed by atoms with Gasteiger partial charge in [0.1, 0.15) is 5.75 Å². The molecule has 0 heterocycles. The molecule has 0 unspecified atom stereocenters. The van der Waals surface area contributed by atoms with E-state index in [9.17, 15) is 0 Å². The number of halogens is 1. The minimum atomic E-state index is 0.280. The van der Waals surface area contributed by atoms with Gasteiger partial charge >= 0.3 is 0 Å². The van der Waals surface area contributed by atoms with Gasteiger partial charge in [0.25, 0.3) is 0 Å². The largest absolute Gasteiger partial charge is 0.468 e. The Balaban J connectivity index is 2.60. The molecule has 78 valence electrons. The van der Waals surface area contributed by atoms with Gasteiger partial charge in [-0.15, -0.1) is 0 Å². The summed E-state index contributed by atoms with van der Waals surface area (Å²) in [5.41, 5.74) is 6.58. The molecule has 0 radical (unpaired) electrons. The number of benzene rings is 1. The van der Waals surface area contributed by atoms with Crippen LogP contribution in [0.2, 0.25) is 0 Å². The van der Waals surface area contributed by atoms with Crippen LogP contribution in [0.3, 0.4) is 0 Å². The summed E-state index contributed by atoms with van der Waals surface area (Å²) in [6.45, 7) is 3.35. The number of ether oxygens (including phenoxy) is 2. The Morgan fingerprint density at radius 3 is 2.86 bits per heavy atom. The summed E-state index contributed by atoms with van der Waals surface area (Å²) in [6, 6.07) is 5.70. The topological polar surface area (TPSA) is 44.5 Å². The van der Waals surface area contributed by atoms with Gasteiger partial charge in [0, 0.05) is 17.6 Å². The third kappa shape index (κ3) is 3.29. The quantitative estimate of drug-likeness (QED) is 0.652.